The number of nitriles is 1. The second-order valence-corrected chi connectivity index (χ2v) is 8.56. The van der Waals surface area contributed by atoms with Crippen LogP contribution in [0.25, 0.3) is 0 Å². The maximum Gasteiger partial charge on any atom is 0.270 e. The van der Waals surface area contributed by atoms with Crippen molar-refractivity contribution in [3.05, 3.63) is 93.0 Å². The number of nitro benzene ring substituents is 1. The number of halogens is 1. The lowest BCUT2D eigenvalue weighted by atomic mass is 10.1. The normalized spacial score (nSPS) is 10.9. The van der Waals surface area contributed by atoms with Gasteiger partial charge in [0.2, 0.25) is 0 Å². The van der Waals surface area contributed by atoms with Crippen molar-refractivity contribution in [1.29, 1.82) is 5.26 Å². The first kappa shape index (κ1) is 22.1. The van der Waals surface area contributed by atoms with Crippen LogP contribution in [0.4, 0.5) is 11.4 Å². The molecule has 158 valence electrons. The highest BCUT2D eigenvalue weighted by atomic mass is 35.5. The van der Waals surface area contributed by atoms with Gasteiger partial charge in [0.05, 0.1) is 40.9 Å². The van der Waals surface area contributed by atoms with E-state index in [4.69, 9.17) is 16.3 Å². The molecule has 31 heavy (non-hydrogen) atoms. The van der Waals surface area contributed by atoms with E-state index in [1.165, 1.54) is 13.2 Å². The van der Waals surface area contributed by atoms with Crippen LogP contribution < -0.4 is 9.04 Å². The van der Waals surface area contributed by atoms with Crippen LogP contribution in [0.1, 0.15) is 11.1 Å². The molecule has 0 radical (unpaired) electrons. The second-order valence-electron chi connectivity index (χ2n) is 6.32. The molecule has 0 aromatic heterocycles. The summed E-state index contributed by atoms with van der Waals surface area (Å²) in [6.07, 6.45) is 0. The van der Waals surface area contributed by atoms with E-state index in [1.807, 2.05) is 6.07 Å². The highest BCUT2D eigenvalue weighted by molar-refractivity contribution is 7.93. The Bertz CT molecular complexity index is 1290. The third kappa shape index (κ3) is 4.45. The van der Waals surface area contributed by atoms with Crippen molar-refractivity contribution in [3.63, 3.8) is 0 Å². The van der Waals surface area contributed by atoms with Crippen LogP contribution in [0, 0.1) is 21.4 Å². The molecule has 0 heterocycles. The maximum atomic E-state index is 13.7. The molecule has 0 atom stereocenters. The summed E-state index contributed by atoms with van der Waals surface area (Å²) in [5, 5.41) is 20.5. The first-order valence-corrected chi connectivity index (χ1v) is 10.7. The molecule has 0 saturated carbocycles. The number of para-hydroxylation sites is 2. The fraction of sp³-hybridized carbons (Fsp3) is 0.0952. The van der Waals surface area contributed by atoms with E-state index in [2.05, 4.69) is 0 Å². The van der Waals surface area contributed by atoms with Crippen molar-refractivity contribution in [1.82, 2.24) is 0 Å². The van der Waals surface area contributed by atoms with Crippen molar-refractivity contribution in [2.24, 2.45) is 0 Å². The Morgan fingerprint density at radius 2 is 1.81 bits per heavy atom. The summed E-state index contributed by atoms with van der Waals surface area (Å²) in [4.78, 5) is 10.1. The fourth-order valence-corrected chi connectivity index (χ4v) is 4.93. The SMILES string of the molecule is COc1ccccc1N(Cc1ccccc1C#N)S(=O)(=O)c1cc([N+](=O)[O-])ccc1Cl. The summed E-state index contributed by atoms with van der Waals surface area (Å²) >= 11 is 6.14. The highest BCUT2D eigenvalue weighted by Gasteiger charge is 2.31. The number of anilines is 1. The molecule has 0 aliphatic rings. The first-order valence-electron chi connectivity index (χ1n) is 8.87. The number of hydrogen-bond acceptors (Lipinski definition) is 6. The van der Waals surface area contributed by atoms with Crippen LogP contribution in [0.5, 0.6) is 5.75 Å². The van der Waals surface area contributed by atoms with E-state index in [1.54, 1.807) is 42.5 Å². The Labute approximate surface area is 184 Å². The van der Waals surface area contributed by atoms with Crippen molar-refractivity contribution in [3.8, 4) is 11.8 Å². The zero-order valence-corrected chi connectivity index (χ0v) is 17.8. The lowest BCUT2D eigenvalue weighted by Gasteiger charge is -2.26. The minimum absolute atomic E-state index is 0.168. The van der Waals surface area contributed by atoms with Gasteiger partial charge >= 0.3 is 0 Å². The smallest absolute Gasteiger partial charge is 0.270 e. The molecule has 0 saturated heterocycles. The average Bonchev–Trinajstić information content (AvgIpc) is 2.77. The van der Waals surface area contributed by atoms with E-state index in [0.29, 0.717) is 11.1 Å². The third-order valence-corrected chi connectivity index (χ3v) is 6.74. The molecule has 0 bridgehead atoms. The summed E-state index contributed by atoms with van der Waals surface area (Å²) in [6, 6.07) is 18.2. The van der Waals surface area contributed by atoms with Crippen molar-refractivity contribution < 1.29 is 18.1 Å². The van der Waals surface area contributed by atoms with Gasteiger partial charge in [-0.25, -0.2) is 8.42 Å². The molecule has 0 fully saturated rings. The maximum absolute atomic E-state index is 13.7. The number of rotatable bonds is 7. The molecule has 3 rings (SSSR count). The lowest BCUT2D eigenvalue weighted by molar-refractivity contribution is -0.385. The minimum atomic E-state index is -4.39. The second kappa shape index (κ2) is 9.04. The van der Waals surface area contributed by atoms with Gasteiger partial charge in [-0.3, -0.25) is 14.4 Å². The number of nitro groups is 1. The van der Waals surface area contributed by atoms with Gasteiger partial charge in [0, 0.05) is 12.1 Å². The first-order chi connectivity index (χ1) is 14.8. The number of nitrogens with zero attached hydrogens (tertiary/aromatic N) is 3. The van der Waals surface area contributed by atoms with Crippen LogP contribution in [0.3, 0.4) is 0 Å². The standard InChI is InChI=1S/C21H16ClN3O5S/c1-30-20-9-5-4-8-19(20)24(14-16-7-3-2-6-15(16)13-23)31(28,29)21-12-17(25(26)27)10-11-18(21)22/h2-12H,14H2,1H3. The van der Waals surface area contributed by atoms with E-state index in [9.17, 15) is 23.8 Å². The molecule has 3 aromatic rings. The van der Waals surface area contributed by atoms with E-state index in [-0.39, 0.29) is 23.0 Å². The lowest BCUT2D eigenvalue weighted by Crippen LogP contribution is -2.31. The van der Waals surface area contributed by atoms with Crippen molar-refractivity contribution in [2.75, 3.05) is 11.4 Å². The fourth-order valence-electron chi connectivity index (χ4n) is 2.98. The summed E-state index contributed by atoms with van der Waals surface area (Å²) in [7, 11) is -2.99. The minimum Gasteiger partial charge on any atom is -0.495 e. The Morgan fingerprint density at radius 3 is 2.48 bits per heavy atom. The quantitative estimate of drug-likeness (QED) is 0.380. The number of hydrogen-bond donors (Lipinski definition) is 0. The Morgan fingerprint density at radius 1 is 1.13 bits per heavy atom. The molecule has 0 aliphatic heterocycles. The Balaban J connectivity index is 2.24. The van der Waals surface area contributed by atoms with Gasteiger partial charge < -0.3 is 4.74 Å². The molecule has 3 aromatic carbocycles. The van der Waals surface area contributed by atoms with E-state index in [0.717, 1.165) is 22.5 Å². The number of ether oxygens (including phenoxy) is 1. The number of benzene rings is 3. The van der Waals surface area contributed by atoms with Gasteiger partial charge in [-0.15, -0.1) is 0 Å². The van der Waals surface area contributed by atoms with Crippen LogP contribution in [-0.2, 0) is 16.6 Å². The van der Waals surface area contributed by atoms with Gasteiger partial charge in [-0.1, -0.05) is 41.9 Å². The Hall–Kier alpha value is -3.61. The zero-order chi connectivity index (χ0) is 22.6. The molecule has 0 spiro atoms. The Kier molecular flexibility index (Phi) is 6.44. The van der Waals surface area contributed by atoms with Crippen molar-refractivity contribution in [2.45, 2.75) is 11.4 Å². The zero-order valence-electron chi connectivity index (χ0n) is 16.2. The highest BCUT2D eigenvalue weighted by Crippen LogP contribution is 2.36. The topological polar surface area (TPSA) is 114 Å². The molecule has 10 heteroatoms. The summed E-state index contributed by atoms with van der Waals surface area (Å²) in [6.45, 7) is -0.217. The predicted octanol–water partition coefficient (Wildman–Crippen LogP) is 4.52. The van der Waals surface area contributed by atoms with Gasteiger partial charge in [-0.2, -0.15) is 5.26 Å². The molecule has 0 N–H and O–H groups in total. The third-order valence-electron chi connectivity index (χ3n) is 4.50. The summed E-state index contributed by atoms with van der Waals surface area (Å²) in [5.74, 6) is 0.266. The number of non-ortho nitro benzene ring substituents is 1. The molecule has 8 nitrogen and oxygen atoms in total. The predicted molar refractivity (Wildman–Crippen MR) is 116 cm³/mol. The summed E-state index contributed by atoms with van der Waals surface area (Å²) in [5.41, 5.74) is 0.518. The van der Waals surface area contributed by atoms with Crippen LogP contribution in [-0.4, -0.2) is 20.5 Å². The van der Waals surface area contributed by atoms with Crippen molar-refractivity contribution >= 4 is 33.0 Å². The van der Waals surface area contributed by atoms with Crippen LogP contribution >= 0.6 is 11.6 Å². The van der Waals surface area contributed by atoms with Gasteiger partial charge in [-0.05, 0) is 29.8 Å². The van der Waals surface area contributed by atoms with Crippen LogP contribution in [0.2, 0.25) is 5.02 Å². The molecule has 0 amide bonds. The molecular weight excluding hydrogens is 442 g/mol. The monoisotopic (exact) mass is 457 g/mol. The van der Waals surface area contributed by atoms with Gasteiger partial charge in [0.25, 0.3) is 15.7 Å². The van der Waals surface area contributed by atoms with Crippen LogP contribution in [0.15, 0.2) is 71.6 Å². The number of sulfonamides is 1. The average molecular weight is 458 g/mol. The van der Waals surface area contributed by atoms with Gasteiger partial charge in [0.15, 0.2) is 0 Å². The molecule has 0 unspecified atom stereocenters. The van der Waals surface area contributed by atoms with Gasteiger partial charge in [0.1, 0.15) is 10.6 Å². The molecular formula is C21H16ClN3O5S. The molecule has 0 aliphatic carbocycles. The summed E-state index contributed by atoms with van der Waals surface area (Å²) < 4.78 is 33.7. The van der Waals surface area contributed by atoms with E-state index >= 15 is 0 Å². The van der Waals surface area contributed by atoms with E-state index < -0.39 is 25.5 Å². The largest absolute Gasteiger partial charge is 0.495 e. The number of methoxy groups -OCH3 is 1.